The first kappa shape index (κ1) is 18.9. The molecule has 1 amide bonds. The Labute approximate surface area is 158 Å². The lowest BCUT2D eigenvalue weighted by Crippen LogP contribution is -2.45. The highest BCUT2D eigenvalue weighted by molar-refractivity contribution is 8.00. The molecule has 3 unspecified atom stereocenters. The molecule has 3 rings (SSSR count). The maximum Gasteiger partial charge on any atom is 0.235 e. The molecular formula is C19H25FN4OS. The lowest BCUT2D eigenvalue weighted by molar-refractivity contribution is -0.132. The lowest BCUT2D eigenvalue weighted by Gasteiger charge is -2.36. The fraction of sp³-hybridized carbons (Fsp3) is 0.526. The summed E-state index contributed by atoms with van der Waals surface area (Å²) < 4.78 is 15.0. The monoisotopic (exact) mass is 376 g/mol. The maximum absolute atomic E-state index is 13.1. The Kier molecular flexibility index (Phi) is 5.65. The van der Waals surface area contributed by atoms with Gasteiger partial charge in [0.05, 0.1) is 5.25 Å². The molecule has 1 aliphatic rings. The van der Waals surface area contributed by atoms with E-state index in [2.05, 4.69) is 24.0 Å². The molecule has 0 radical (unpaired) electrons. The van der Waals surface area contributed by atoms with Gasteiger partial charge < -0.3 is 9.47 Å². The predicted molar refractivity (Wildman–Crippen MR) is 101 cm³/mol. The summed E-state index contributed by atoms with van der Waals surface area (Å²) in [6, 6.07) is 6.17. The Hall–Kier alpha value is -1.89. The van der Waals surface area contributed by atoms with Crippen LogP contribution >= 0.6 is 11.8 Å². The van der Waals surface area contributed by atoms with Gasteiger partial charge in [0.2, 0.25) is 5.91 Å². The van der Waals surface area contributed by atoms with Gasteiger partial charge in [-0.1, -0.05) is 25.6 Å². The number of thioether (sulfide) groups is 1. The van der Waals surface area contributed by atoms with Crippen LogP contribution in [0.25, 0.3) is 11.4 Å². The van der Waals surface area contributed by atoms with Crippen LogP contribution in [0, 0.1) is 17.7 Å². The molecule has 1 fully saturated rings. The van der Waals surface area contributed by atoms with E-state index in [1.54, 1.807) is 12.1 Å². The van der Waals surface area contributed by atoms with Crippen molar-refractivity contribution in [1.82, 2.24) is 19.7 Å². The number of amides is 1. The van der Waals surface area contributed by atoms with Crippen LogP contribution in [0.1, 0.15) is 27.2 Å². The summed E-state index contributed by atoms with van der Waals surface area (Å²) in [7, 11) is 1.86. The van der Waals surface area contributed by atoms with E-state index in [4.69, 9.17) is 0 Å². The van der Waals surface area contributed by atoms with E-state index in [0.29, 0.717) is 22.8 Å². The first-order valence-electron chi connectivity index (χ1n) is 8.96. The van der Waals surface area contributed by atoms with Crippen molar-refractivity contribution in [1.29, 1.82) is 0 Å². The van der Waals surface area contributed by atoms with Crippen molar-refractivity contribution in [3.05, 3.63) is 30.1 Å². The molecule has 140 valence electrons. The maximum atomic E-state index is 13.1. The fourth-order valence-electron chi connectivity index (χ4n) is 3.58. The van der Waals surface area contributed by atoms with Gasteiger partial charge in [0.25, 0.3) is 0 Å². The van der Waals surface area contributed by atoms with Crippen LogP contribution in [0.4, 0.5) is 4.39 Å². The van der Waals surface area contributed by atoms with Gasteiger partial charge in [-0.05, 0) is 49.4 Å². The molecule has 1 aromatic heterocycles. The number of nitrogens with zero attached hydrogens (tertiary/aromatic N) is 4. The van der Waals surface area contributed by atoms with E-state index in [1.165, 1.54) is 30.3 Å². The second-order valence-electron chi connectivity index (χ2n) is 7.32. The predicted octanol–water partition coefficient (Wildman–Crippen LogP) is 3.61. The van der Waals surface area contributed by atoms with Crippen molar-refractivity contribution in [2.45, 2.75) is 37.6 Å². The zero-order valence-corrected chi connectivity index (χ0v) is 16.5. The van der Waals surface area contributed by atoms with E-state index in [-0.39, 0.29) is 17.0 Å². The van der Waals surface area contributed by atoms with Gasteiger partial charge in [0.1, 0.15) is 5.82 Å². The van der Waals surface area contributed by atoms with Crippen LogP contribution in [-0.4, -0.2) is 43.9 Å². The van der Waals surface area contributed by atoms with Crippen LogP contribution in [0.5, 0.6) is 0 Å². The summed E-state index contributed by atoms with van der Waals surface area (Å²) in [5, 5.41) is 8.89. The van der Waals surface area contributed by atoms with Gasteiger partial charge in [-0.25, -0.2) is 4.39 Å². The average molecular weight is 377 g/mol. The molecule has 5 nitrogen and oxygen atoms in total. The van der Waals surface area contributed by atoms with Crippen molar-refractivity contribution < 1.29 is 9.18 Å². The number of benzene rings is 1. The summed E-state index contributed by atoms with van der Waals surface area (Å²) in [5.74, 6) is 1.61. The summed E-state index contributed by atoms with van der Waals surface area (Å²) in [6.45, 7) is 7.97. The van der Waals surface area contributed by atoms with E-state index in [1.807, 2.05) is 23.4 Å². The number of rotatable bonds is 4. The molecule has 26 heavy (non-hydrogen) atoms. The van der Waals surface area contributed by atoms with Gasteiger partial charge in [-0.2, -0.15) is 0 Å². The fourth-order valence-corrected chi connectivity index (χ4v) is 4.48. The highest BCUT2D eigenvalue weighted by Gasteiger charge is 2.29. The van der Waals surface area contributed by atoms with Crippen molar-refractivity contribution >= 4 is 17.7 Å². The van der Waals surface area contributed by atoms with Gasteiger partial charge in [-0.15, -0.1) is 10.2 Å². The number of likely N-dealkylation sites (tertiary alicyclic amines) is 1. The Bertz CT molecular complexity index is 766. The van der Waals surface area contributed by atoms with E-state index in [0.717, 1.165) is 18.7 Å². The number of hydrogen-bond acceptors (Lipinski definition) is 4. The summed E-state index contributed by atoms with van der Waals surface area (Å²) in [5.41, 5.74) is 0.797. The number of aromatic nitrogens is 3. The van der Waals surface area contributed by atoms with E-state index in [9.17, 15) is 9.18 Å². The van der Waals surface area contributed by atoms with Crippen molar-refractivity contribution in [2.75, 3.05) is 13.1 Å². The normalized spacial score (nSPS) is 21.7. The molecule has 0 saturated carbocycles. The number of piperidine rings is 1. The number of carbonyl (C=O) groups is 1. The number of carbonyl (C=O) groups excluding carboxylic acids is 1. The molecule has 1 aliphatic heterocycles. The minimum atomic E-state index is -0.283. The molecule has 1 aromatic carbocycles. The standard InChI is InChI=1S/C19H25FN4OS/c1-12-9-13(2)11-24(10-12)18(25)14(3)26-19-22-21-17(23(19)4)15-5-7-16(20)8-6-15/h5-8,12-14H,9-11H2,1-4H3. The quantitative estimate of drug-likeness (QED) is 0.765. The summed E-state index contributed by atoms with van der Waals surface area (Å²) in [4.78, 5) is 14.8. The van der Waals surface area contributed by atoms with E-state index >= 15 is 0 Å². The molecule has 7 heteroatoms. The minimum Gasteiger partial charge on any atom is -0.341 e. The molecule has 1 saturated heterocycles. The first-order chi connectivity index (χ1) is 12.3. The van der Waals surface area contributed by atoms with E-state index < -0.39 is 0 Å². The van der Waals surface area contributed by atoms with Crippen LogP contribution in [0.2, 0.25) is 0 Å². The van der Waals surface area contributed by atoms with Crippen molar-refractivity contribution in [3.8, 4) is 11.4 Å². The van der Waals surface area contributed by atoms with Gasteiger partial charge >= 0.3 is 0 Å². The van der Waals surface area contributed by atoms with Gasteiger partial charge in [0, 0.05) is 25.7 Å². The largest absolute Gasteiger partial charge is 0.341 e. The highest BCUT2D eigenvalue weighted by atomic mass is 32.2. The zero-order chi connectivity index (χ0) is 18.8. The average Bonchev–Trinajstić information content (AvgIpc) is 2.95. The SMILES string of the molecule is CC1CC(C)CN(C(=O)C(C)Sc2nnc(-c3ccc(F)cc3)n2C)C1. The second-order valence-corrected chi connectivity index (χ2v) is 8.63. The van der Waals surface area contributed by atoms with Crippen molar-refractivity contribution in [2.24, 2.45) is 18.9 Å². The van der Waals surface area contributed by atoms with Crippen LogP contribution in [0.15, 0.2) is 29.4 Å². The van der Waals surface area contributed by atoms with Crippen LogP contribution in [-0.2, 0) is 11.8 Å². The van der Waals surface area contributed by atoms with Gasteiger partial charge in [-0.3, -0.25) is 4.79 Å². The number of hydrogen-bond donors (Lipinski definition) is 0. The Morgan fingerprint density at radius 2 is 1.81 bits per heavy atom. The molecule has 2 heterocycles. The third-order valence-electron chi connectivity index (χ3n) is 4.75. The molecule has 2 aromatic rings. The molecule has 0 aliphatic carbocycles. The summed E-state index contributed by atoms with van der Waals surface area (Å²) in [6.07, 6.45) is 1.18. The lowest BCUT2D eigenvalue weighted by atomic mass is 9.92. The third kappa shape index (κ3) is 4.09. The third-order valence-corrected chi connectivity index (χ3v) is 5.87. The zero-order valence-electron chi connectivity index (χ0n) is 15.6. The number of halogens is 1. The van der Waals surface area contributed by atoms with Gasteiger partial charge in [0.15, 0.2) is 11.0 Å². The second kappa shape index (κ2) is 7.78. The highest BCUT2D eigenvalue weighted by Crippen LogP contribution is 2.28. The van der Waals surface area contributed by atoms with Crippen molar-refractivity contribution in [3.63, 3.8) is 0 Å². The smallest absolute Gasteiger partial charge is 0.235 e. The minimum absolute atomic E-state index is 0.153. The molecular weight excluding hydrogens is 351 g/mol. The van der Waals surface area contributed by atoms with Crippen LogP contribution < -0.4 is 0 Å². The Morgan fingerprint density at radius 1 is 1.19 bits per heavy atom. The molecule has 3 atom stereocenters. The summed E-state index contributed by atoms with van der Waals surface area (Å²) >= 11 is 1.42. The Morgan fingerprint density at radius 3 is 2.42 bits per heavy atom. The Balaban J connectivity index is 1.70. The topological polar surface area (TPSA) is 51.0 Å². The first-order valence-corrected chi connectivity index (χ1v) is 9.84. The molecule has 0 bridgehead atoms. The molecule has 0 N–H and O–H groups in total. The van der Waals surface area contributed by atoms with Crippen LogP contribution in [0.3, 0.4) is 0 Å². The molecule has 0 spiro atoms.